The first-order valence-electron chi connectivity index (χ1n) is 15.2. The SMILES string of the molecule is COc1ccc(CCNC(=O)[C@H](CS)NC(=O)[C@H](CC(C)C)NC(=O)[C@H](CCC(=O)O)NS(=O)(=O)c2ccc3ccccc3c2)cc1. The number of benzene rings is 3. The normalized spacial score (nSPS) is 13.4. The molecule has 3 rings (SSSR count). The molecule has 0 unspecified atom stereocenters. The molecule has 14 heteroatoms. The van der Waals surface area contributed by atoms with Gasteiger partial charge in [-0.15, -0.1) is 0 Å². The highest BCUT2D eigenvalue weighted by atomic mass is 32.2. The van der Waals surface area contributed by atoms with Gasteiger partial charge in [0.15, 0.2) is 0 Å². The van der Waals surface area contributed by atoms with Crippen LogP contribution in [0.15, 0.2) is 71.6 Å². The Labute approximate surface area is 280 Å². The summed E-state index contributed by atoms with van der Waals surface area (Å²) >= 11 is 4.23. The highest BCUT2D eigenvalue weighted by molar-refractivity contribution is 7.89. The molecule has 3 atom stereocenters. The third-order valence-electron chi connectivity index (χ3n) is 7.32. The zero-order valence-corrected chi connectivity index (χ0v) is 28.3. The van der Waals surface area contributed by atoms with Gasteiger partial charge in [-0.2, -0.15) is 17.4 Å². The van der Waals surface area contributed by atoms with Crippen LogP contribution in [-0.4, -0.2) is 74.7 Å². The van der Waals surface area contributed by atoms with Crippen molar-refractivity contribution < 1.29 is 37.4 Å². The quantitative estimate of drug-likeness (QED) is 0.111. The predicted octanol–water partition coefficient (Wildman–Crippen LogP) is 2.66. The summed E-state index contributed by atoms with van der Waals surface area (Å²) in [4.78, 5) is 51.0. The lowest BCUT2D eigenvalue weighted by Crippen LogP contribution is -2.57. The van der Waals surface area contributed by atoms with Crippen molar-refractivity contribution >= 4 is 57.1 Å². The molecule has 0 saturated heterocycles. The van der Waals surface area contributed by atoms with E-state index in [-0.39, 0.29) is 29.4 Å². The number of carbonyl (C=O) groups excluding carboxylic acids is 3. The Morgan fingerprint density at radius 2 is 1.49 bits per heavy atom. The predicted molar refractivity (Wildman–Crippen MR) is 182 cm³/mol. The van der Waals surface area contributed by atoms with E-state index in [1.807, 2.05) is 50.2 Å². The van der Waals surface area contributed by atoms with E-state index in [9.17, 15) is 32.7 Å². The summed E-state index contributed by atoms with van der Waals surface area (Å²) in [6, 6.07) is 15.4. The number of rotatable bonds is 18. The average molecular weight is 687 g/mol. The Balaban J connectivity index is 1.70. The van der Waals surface area contributed by atoms with Crippen LogP contribution in [0.1, 0.15) is 38.7 Å². The van der Waals surface area contributed by atoms with Crippen LogP contribution in [0, 0.1) is 5.92 Å². The van der Waals surface area contributed by atoms with E-state index in [1.165, 1.54) is 12.1 Å². The van der Waals surface area contributed by atoms with Crippen LogP contribution in [0.25, 0.3) is 10.8 Å². The average Bonchev–Trinajstić information content (AvgIpc) is 3.04. The van der Waals surface area contributed by atoms with Crippen LogP contribution in [-0.2, 0) is 35.6 Å². The molecular formula is C33H42N4O8S2. The molecule has 47 heavy (non-hydrogen) atoms. The minimum atomic E-state index is -4.26. The Morgan fingerprint density at radius 1 is 0.851 bits per heavy atom. The van der Waals surface area contributed by atoms with Crippen molar-refractivity contribution in [2.45, 2.75) is 62.6 Å². The largest absolute Gasteiger partial charge is 0.497 e. The summed E-state index contributed by atoms with van der Waals surface area (Å²) in [6.07, 6.45) is -0.154. The van der Waals surface area contributed by atoms with Crippen LogP contribution in [0.2, 0.25) is 0 Å². The molecule has 0 aliphatic heterocycles. The molecule has 5 N–H and O–H groups in total. The Morgan fingerprint density at radius 3 is 2.11 bits per heavy atom. The van der Waals surface area contributed by atoms with Crippen molar-refractivity contribution in [2.75, 3.05) is 19.4 Å². The lowest BCUT2D eigenvalue weighted by Gasteiger charge is -2.26. The number of fused-ring (bicyclic) bond motifs is 1. The maximum absolute atomic E-state index is 13.5. The van der Waals surface area contributed by atoms with Gasteiger partial charge in [-0.1, -0.05) is 56.3 Å². The van der Waals surface area contributed by atoms with Gasteiger partial charge in [0.1, 0.15) is 23.9 Å². The highest BCUT2D eigenvalue weighted by Crippen LogP contribution is 2.20. The number of carboxylic acid groups (broad SMARTS) is 1. The summed E-state index contributed by atoms with van der Waals surface area (Å²) in [6.45, 7) is 3.97. The topological polar surface area (TPSA) is 180 Å². The third kappa shape index (κ3) is 11.6. The van der Waals surface area contributed by atoms with Crippen LogP contribution < -0.4 is 25.4 Å². The fourth-order valence-corrected chi connectivity index (χ4v) is 6.31. The van der Waals surface area contributed by atoms with Crippen LogP contribution >= 0.6 is 12.6 Å². The molecule has 0 aromatic heterocycles. The zero-order chi connectivity index (χ0) is 34.6. The first-order chi connectivity index (χ1) is 22.3. The Bertz CT molecular complexity index is 1650. The molecule has 0 radical (unpaired) electrons. The first-order valence-corrected chi connectivity index (χ1v) is 17.3. The lowest BCUT2D eigenvalue weighted by molar-refractivity contribution is -0.137. The van der Waals surface area contributed by atoms with Crippen molar-refractivity contribution in [1.29, 1.82) is 0 Å². The van der Waals surface area contributed by atoms with Gasteiger partial charge in [-0.05, 0) is 65.8 Å². The van der Waals surface area contributed by atoms with Crippen LogP contribution in [0.3, 0.4) is 0 Å². The van der Waals surface area contributed by atoms with Crippen molar-refractivity contribution in [2.24, 2.45) is 5.92 Å². The first kappa shape index (κ1) is 37.3. The number of sulfonamides is 1. The van der Waals surface area contributed by atoms with Gasteiger partial charge in [0.05, 0.1) is 12.0 Å². The second-order valence-corrected chi connectivity index (χ2v) is 13.5. The molecule has 12 nitrogen and oxygen atoms in total. The Kier molecular flexibility index (Phi) is 14.0. The van der Waals surface area contributed by atoms with Gasteiger partial charge in [0.2, 0.25) is 27.7 Å². The molecule has 0 spiro atoms. The number of ether oxygens (including phenoxy) is 1. The molecular weight excluding hydrogens is 645 g/mol. The molecule has 0 fully saturated rings. The van der Waals surface area contributed by atoms with E-state index < -0.39 is 58.3 Å². The number of nitrogens with one attached hydrogen (secondary N) is 4. The van der Waals surface area contributed by atoms with Crippen LogP contribution in [0.4, 0.5) is 0 Å². The van der Waals surface area contributed by atoms with Gasteiger partial charge in [0, 0.05) is 18.7 Å². The van der Waals surface area contributed by atoms with E-state index in [0.29, 0.717) is 24.1 Å². The maximum atomic E-state index is 13.5. The Hall–Kier alpha value is -4.14. The molecule has 3 aromatic rings. The summed E-state index contributed by atoms with van der Waals surface area (Å²) in [5.41, 5.74) is 0.978. The van der Waals surface area contributed by atoms with Gasteiger partial charge in [0.25, 0.3) is 0 Å². The smallest absolute Gasteiger partial charge is 0.303 e. The number of thiol groups is 1. The number of amides is 3. The van der Waals surface area contributed by atoms with Gasteiger partial charge in [-0.25, -0.2) is 8.42 Å². The molecule has 3 aromatic carbocycles. The highest BCUT2D eigenvalue weighted by Gasteiger charge is 2.32. The maximum Gasteiger partial charge on any atom is 0.303 e. The number of hydrogen-bond donors (Lipinski definition) is 6. The van der Waals surface area contributed by atoms with Crippen LogP contribution in [0.5, 0.6) is 5.75 Å². The fraction of sp³-hybridized carbons (Fsp3) is 0.394. The summed E-state index contributed by atoms with van der Waals surface area (Å²) < 4.78 is 34.1. The molecule has 3 amide bonds. The van der Waals surface area contributed by atoms with E-state index in [1.54, 1.807) is 25.3 Å². The minimum Gasteiger partial charge on any atom is -0.497 e. The van der Waals surface area contributed by atoms with Gasteiger partial charge >= 0.3 is 5.97 Å². The van der Waals surface area contributed by atoms with Gasteiger partial charge < -0.3 is 25.8 Å². The number of hydrogen-bond acceptors (Lipinski definition) is 8. The molecule has 254 valence electrons. The number of carbonyl (C=O) groups is 4. The monoisotopic (exact) mass is 686 g/mol. The van der Waals surface area contributed by atoms with E-state index in [0.717, 1.165) is 10.9 Å². The number of aliphatic carboxylic acids is 1. The summed E-state index contributed by atoms with van der Waals surface area (Å²) in [5.74, 6) is -2.60. The van der Waals surface area contributed by atoms with Crippen molar-refractivity contribution in [3.05, 3.63) is 72.3 Å². The number of carboxylic acids is 1. The van der Waals surface area contributed by atoms with Gasteiger partial charge in [-0.3, -0.25) is 19.2 Å². The molecule has 0 aliphatic rings. The minimum absolute atomic E-state index is 0.0186. The lowest BCUT2D eigenvalue weighted by atomic mass is 10.0. The molecule has 0 heterocycles. The fourth-order valence-electron chi connectivity index (χ4n) is 4.79. The standard InChI is InChI=1S/C33H42N4O8S2/c1-21(2)18-28(33(42)36-29(20-46)31(40)34-17-16-22-8-11-25(45-3)12-9-22)35-32(41)27(14-15-30(38)39)37-47(43,44)26-13-10-23-6-4-5-7-24(23)19-26/h4-13,19,21,27-29,37,46H,14-18,20H2,1-3H3,(H,34,40)(H,35,41)(H,36,42)(H,38,39)/t27-,28-,29-/m0/s1. The van der Waals surface area contributed by atoms with E-state index in [2.05, 4.69) is 33.3 Å². The summed E-state index contributed by atoms with van der Waals surface area (Å²) in [5, 5.41) is 18.7. The van der Waals surface area contributed by atoms with E-state index >= 15 is 0 Å². The van der Waals surface area contributed by atoms with Crippen molar-refractivity contribution in [3.63, 3.8) is 0 Å². The molecule has 0 aliphatic carbocycles. The van der Waals surface area contributed by atoms with Crippen molar-refractivity contribution in [3.8, 4) is 5.75 Å². The zero-order valence-electron chi connectivity index (χ0n) is 26.6. The van der Waals surface area contributed by atoms with E-state index in [4.69, 9.17) is 4.74 Å². The second kappa shape index (κ2) is 17.7. The molecule has 0 saturated carbocycles. The molecule has 0 bridgehead atoms. The third-order valence-corrected chi connectivity index (χ3v) is 9.15. The second-order valence-electron chi connectivity index (χ2n) is 11.4. The number of methoxy groups -OCH3 is 1. The van der Waals surface area contributed by atoms with Crippen molar-refractivity contribution in [1.82, 2.24) is 20.7 Å². The summed E-state index contributed by atoms with van der Waals surface area (Å²) in [7, 11) is -2.69.